The Morgan fingerprint density at radius 1 is 1.06 bits per heavy atom. The number of rotatable bonds is 5. The molecule has 0 aliphatic carbocycles. The lowest BCUT2D eigenvalue weighted by atomic mass is 10.3. The van der Waals surface area contributed by atoms with Crippen LogP contribution in [0.2, 0.25) is 5.02 Å². The number of ether oxygens (including phenoxy) is 1. The Labute approximate surface area is 116 Å². The molecule has 2 aromatic rings. The fourth-order valence-corrected chi connectivity index (χ4v) is 2.46. The average Bonchev–Trinajstić information content (AvgIpc) is 2.38. The zero-order chi connectivity index (χ0) is 12.8. The van der Waals surface area contributed by atoms with Crippen molar-refractivity contribution >= 4 is 29.1 Å². The number of nitrogens with two attached hydrogens (primary N) is 1. The second kappa shape index (κ2) is 6.57. The maximum absolute atomic E-state index is 5.99. The van der Waals surface area contributed by atoms with Gasteiger partial charge in [0.1, 0.15) is 5.75 Å². The van der Waals surface area contributed by atoms with Crippen LogP contribution in [0.3, 0.4) is 0 Å². The summed E-state index contributed by atoms with van der Waals surface area (Å²) in [5.74, 6) is 1.56. The van der Waals surface area contributed by atoms with E-state index in [-0.39, 0.29) is 0 Å². The summed E-state index contributed by atoms with van der Waals surface area (Å²) < 4.78 is 5.60. The molecule has 0 spiro atoms. The summed E-state index contributed by atoms with van der Waals surface area (Å²) >= 11 is 7.67. The van der Waals surface area contributed by atoms with Crippen LogP contribution in [-0.4, -0.2) is 12.4 Å². The third-order valence-corrected chi connectivity index (χ3v) is 3.72. The van der Waals surface area contributed by atoms with Crippen LogP contribution >= 0.6 is 23.4 Å². The number of para-hydroxylation sites is 2. The predicted molar refractivity (Wildman–Crippen MR) is 78.5 cm³/mol. The van der Waals surface area contributed by atoms with Crippen molar-refractivity contribution in [3.8, 4) is 5.75 Å². The molecule has 0 aromatic heterocycles. The van der Waals surface area contributed by atoms with E-state index in [1.807, 2.05) is 48.5 Å². The van der Waals surface area contributed by atoms with Crippen LogP contribution in [0.15, 0.2) is 53.4 Å². The van der Waals surface area contributed by atoms with E-state index in [1.54, 1.807) is 11.8 Å². The van der Waals surface area contributed by atoms with Crippen LogP contribution in [0.1, 0.15) is 0 Å². The van der Waals surface area contributed by atoms with Gasteiger partial charge in [0, 0.05) is 16.3 Å². The summed E-state index contributed by atoms with van der Waals surface area (Å²) in [4.78, 5) is 1.08. The van der Waals surface area contributed by atoms with E-state index < -0.39 is 0 Å². The van der Waals surface area contributed by atoms with Gasteiger partial charge in [0.15, 0.2) is 0 Å². The van der Waals surface area contributed by atoms with E-state index in [9.17, 15) is 0 Å². The van der Waals surface area contributed by atoms with E-state index >= 15 is 0 Å². The van der Waals surface area contributed by atoms with Gasteiger partial charge in [-0.15, -0.1) is 11.8 Å². The SMILES string of the molecule is Nc1ccccc1SCCOc1ccccc1Cl. The molecular weight excluding hydrogens is 266 g/mol. The highest BCUT2D eigenvalue weighted by Crippen LogP contribution is 2.26. The number of hydrogen-bond donors (Lipinski definition) is 1. The largest absolute Gasteiger partial charge is 0.491 e. The summed E-state index contributed by atoms with van der Waals surface area (Å²) in [6.07, 6.45) is 0. The Balaban J connectivity index is 1.80. The summed E-state index contributed by atoms with van der Waals surface area (Å²) in [5.41, 5.74) is 6.66. The second-order valence-electron chi connectivity index (χ2n) is 3.67. The van der Waals surface area contributed by atoms with Gasteiger partial charge in [0.2, 0.25) is 0 Å². The van der Waals surface area contributed by atoms with Gasteiger partial charge in [-0.2, -0.15) is 0 Å². The standard InChI is InChI=1S/C14H14ClNOS/c15-11-5-1-3-7-13(11)17-9-10-18-14-8-4-2-6-12(14)16/h1-8H,9-10,16H2. The molecule has 0 radical (unpaired) electrons. The summed E-state index contributed by atoms with van der Waals surface area (Å²) in [6.45, 7) is 0.600. The molecule has 2 nitrogen and oxygen atoms in total. The van der Waals surface area contributed by atoms with Crippen molar-refractivity contribution in [2.75, 3.05) is 18.1 Å². The molecule has 2 N–H and O–H groups in total. The summed E-state index contributed by atoms with van der Waals surface area (Å²) in [6, 6.07) is 15.3. The van der Waals surface area contributed by atoms with Crippen molar-refractivity contribution in [3.63, 3.8) is 0 Å². The van der Waals surface area contributed by atoms with E-state index in [2.05, 4.69) is 0 Å². The molecule has 0 bridgehead atoms. The molecule has 4 heteroatoms. The molecule has 0 atom stereocenters. The van der Waals surface area contributed by atoms with Crippen LogP contribution in [0.25, 0.3) is 0 Å². The minimum absolute atomic E-state index is 0.600. The third-order valence-electron chi connectivity index (χ3n) is 2.35. The number of hydrogen-bond acceptors (Lipinski definition) is 3. The fourth-order valence-electron chi connectivity index (χ4n) is 1.48. The molecule has 94 valence electrons. The lowest BCUT2D eigenvalue weighted by Crippen LogP contribution is -2.01. The molecular formula is C14H14ClNOS. The highest BCUT2D eigenvalue weighted by molar-refractivity contribution is 7.99. The molecule has 0 fully saturated rings. The van der Waals surface area contributed by atoms with Crippen LogP contribution in [0, 0.1) is 0 Å². The molecule has 0 aliphatic heterocycles. The molecule has 0 saturated heterocycles. The Kier molecular flexibility index (Phi) is 4.79. The zero-order valence-corrected chi connectivity index (χ0v) is 11.4. The average molecular weight is 280 g/mol. The Morgan fingerprint density at radius 3 is 2.56 bits per heavy atom. The van der Waals surface area contributed by atoms with E-state index in [4.69, 9.17) is 22.1 Å². The number of halogens is 1. The second-order valence-corrected chi connectivity index (χ2v) is 5.21. The van der Waals surface area contributed by atoms with Crippen LogP contribution in [0.5, 0.6) is 5.75 Å². The Bertz CT molecular complexity index is 471. The van der Waals surface area contributed by atoms with Gasteiger partial charge < -0.3 is 10.5 Å². The Morgan fingerprint density at radius 2 is 1.78 bits per heavy atom. The topological polar surface area (TPSA) is 35.2 Å². The minimum Gasteiger partial charge on any atom is -0.491 e. The van der Waals surface area contributed by atoms with Gasteiger partial charge in [-0.05, 0) is 24.3 Å². The first-order valence-electron chi connectivity index (χ1n) is 5.62. The van der Waals surface area contributed by atoms with Crippen molar-refractivity contribution in [1.29, 1.82) is 0 Å². The molecule has 18 heavy (non-hydrogen) atoms. The quantitative estimate of drug-likeness (QED) is 0.509. The summed E-state index contributed by atoms with van der Waals surface area (Å²) in [5, 5.41) is 0.640. The lowest BCUT2D eigenvalue weighted by Gasteiger charge is -2.08. The monoisotopic (exact) mass is 279 g/mol. The molecule has 2 rings (SSSR count). The first kappa shape index (κ1) is 13.1. The number of benzene rings is 2. The Hall–Kier alpha value is -1.32. The van der Waals surface area contributed by atoms with Gasteiger partial charge in [-0.3, -0.25) is 0 Å². The number of anilines is 1. The highest BCUT2D eigenvalue weighted by Gasteiger charge is 2.01. The van der Waals surface area contributed by atoms with Gasteiger partial charge in [-0.25, -0.2) is 0 Å². The molecule has 2 aromatic carbocycles. The molecule has 0 saturated carbocycles. The van der Waals surface area contributed by atoms with E-state index in [1.165, 1.54) is 0 Å². The number of nitrogen functional groups attached to an aromatic ring is 1. The number of thioether (sulfide) groups is 1. The maximum atomic E-state index is 5.99. The van der Waals surface area contributed by atoms with Gasteiger partial charge in [0.25, 0.3) is 0 Å². The first-order valence-corrected chi connectivity index (χ1v) is 6.98. The molecule has 0 aliphatic rings. The van der Waals surface area contributed by atoms with Crippen molar-refractivity contribution in [2.45, 2.75) is 4.90 Å². The molecule has 0 unspecified atom stereocenters. The smallest absolute Gasteiger partial charge is 0.137 e. The highest BCUT2D eigenvalue weighted by atomic mass is 35.5. The van der Waals surface area contributed by atoms with Crippen molar-refractivity contribution in [3.05, 3.63) is 53.6 Å². The van der Waals surface area contributed by atoms with E-state index in [0.717, 1.165) is 22.1 Å². The normalized spacial score (nSPS) is 10.3. The molecule has 0 amide bonds. The predicted octanol–water partition coefficient (Wildman–Crippen LogP) is 4.09. The van der Waals surface area contributed by atoms with Crippen LogP contribution in [0.4, 0.5) is 5.69 Å². The van der Waals surface area contributed by atoms with Crippen molar-refractivity contribution < 1.29 is 4.74 Å². The van der Waals surface area contributed by atoms with Gasteiger partial charge in [0.05, 0.1) is 11.6 Å². The minimum atomic E-state index is 0.600. The van der Waals surface area contributed by atoms with Gasteiger partial charge >= 0.3 is 0 Å². The van der Waals surface area contributed by atoms with Gasteiger partial charge in [-0.1, -0.05) is 35.9 Å². The van der Waals surface area contributed by atoms with Crippen molar-refractivity contribution in [1.82, 2.24) is 0 Å². The lowest BCUT2D eigenvalue weighted by molar-refractivity contribution is 0.344. The third kappa shape index (κ3) is 3.59. The zero-order valence-electron chi connectivity index (χ0n) is 9.80. The maximum Gasteiger partial charge on any atom is 0.137 e. The van der Waals surface area contributed by atoms with Crippen LogP contribution in [-0.2, 0) is 0 Å². The summed E-state index contributed by atoms with van der Waals surface area (Å²) in [7, 11) is 0. The van der Waals surface area contributed by atoms with E-state index in [0.29, 0.717) is 11.6 Å². The molecule has 0 heterocycles. The van der Waals surface area contributed by atoms with Crippen LogP contribution < -0.4 is 10.5 Å². The first-order chi connectivity index (χ1) is 8.77. The van der Waals surface area contributed by atoms with Crippen molar-refractivity contribution in [2.24, 2.45) is 0 Å². The fraction of sp³-hybridized carbons (Fsp3) is 0.143.